The maximum absolute atomic E-state index is 6.03. The molecule has 0 saturated carbocycles. The number of benzene rings is 2. The van der Waals surface area contributed by atoms with Gasteiger partial charge in [-0.05, 0) is 42.0 Å². The second-order valence-corrected chi connectivity index (χ2v) is 5.58. The van der Waals surface area contributed by atoms with Gasteiger partial charge in [-0.25, -0.2) is 0 Å². The summed E-state index contributed by atoms with van der Waals surface area (Å²) in [6.45, 7) is 0. The van der Waals surface area contributed by atoms with E-state index in [1.54, 1.807) is 0 Å². The Balaban J connectivity index is 2.04. The Morgan fingerprint density at radius 1 is 0.864 bits per heavy atom. The Hall–Kier alpha value is -2.58. The van der Waals surface area contributed by atoms with Crippen LogP contribution in [0.25, 0.3) is 27.8 Å². The third kappa shape index (κ3) is 2.18. The van der Waals surface area contributed by atoms with Gasteiger partial charge in [-0.15, -0.1) is 0 Å². The van der Waals surface area contributed by atoms with Gasteiger partial charge in [0.2, 0.25) is 0 Å². The fraction of sp³-hybridized carbons (Fsp3) is 0. The summed E-state index contributed by atoms with van der Waals surface area (Å²) in [4.78, 5) is 4.23. The first-order valence-corrected chi connectivity index (χ1v) is 7.47. The predicted molar refractivity (Wildman–Crippen MR) is 91.5 cm³/mol. The number of nitrogens with zero attached hydrogens (tertiary/aromatic N) is 2. The highest BCUT2D eigenvalue weighted by Gasteiger charge is 2.12. The summed E-state index contributed by atoms with van der Waals surface area (Å²) in [6.07, 6.45) is 3.72. The van der Waals surface area contributed by atoms with Gasteiger partial charge in [-0.1, -0.05) is 41.9 Å². The molecular formula is C19H13ClN2. The van der Waals surface area contributed by atoms with E-state index in [0.717, 1.165) is 27.3 Å². The Bertz CT molecular complexity index is 925. The molecule has 106 valence electrons. The molecule has 0 saturated heterocycles. The molecule has 3 heteroatoms. The zero-order valence-corrected chi connectivity index (χ0v) is 12.5. The summed E-state index contributed by atoms with van der Waals surface area (Å²) in [5, 5.41) is 1.86. The van der Waals surface area contributed by atoms with Gasteiger partial charge in [-0.3, -0.25) is 4.98 Å². The lowest BCUT2D eigenvalue weighted by Crippen LogP contribution is -1.96. The fourth-order valence-corrected chi connectivity index (χ4v) is 2.87. The third-order valence-corrected chi connectivity index (χ3v) is 4.01. The number of hydrogen-bond acceptors (Lipinski definition) is 1. The molecule has 0 aliphatic rings. The van der Waals surface area contributed by atoms with E-state index in [0.29, 0.717) is 0 Å². The SMILES string of the molecule is Clc1ccc(-n2c(-c3ccccc3)cc3cnccc32)cc1. The second-order valence-electron chi connectivity index (χ2n) is 5.14. The summed E-state index contributed by atoms with van der Waals surface area (Å²) >= 11 is 6.03. The Kier molecular flexibility index (Phi) is 3.17. The third-order valence-electron chi connectivity index (χ3n) is 3.76. The van der Waals surface area contributed by atoms with Crippen LogP contribution in [0.1, 0.15) is 0 Å². The van der Waals surface area contributed by atoms with E-state index in [2.05, 4.69) is 39.9 Å². The monoisotopic (exact) mass is 304 g/mol. The molecule has 0 amide bonds. The molecule has 4 aromatic rings. The molecule has 0 N–H and O–H groups in total. The highest BCUT2D eigenvalue weighted by Crippen LogP contribution is 2.31. The van der Waals surface area contributed by atoms with Gasteiger partial charge < -0.3 is 4.57 Å². The van der Waals surface area contributed by atoms with Crippen molar-refractivity contribution in [2.75, 3.05) is 0 Å². The first-order chi connectivity index (χ1) is 10.8. The second kappa shape index (κ2) is 5.32. The van der Waals surface area contributed by atoms with E-state index in [1.807, 2.05) is 48.8 Å². The van der Waals surface area contributed by atoms with Crippen molar-refractivity contribution in [3.05, 3.63) is 84.1 Å². The van der Waals surface area contributed by atoms with Crippen LogP contribution >= 0.6 is 11.6 Å². The summed E-state index contributed by atoms with van der Waals surface area (Å²) in [5.41, 5.74) is 4.54. The van der Waals surface area contributed by atoms with Gasteiger partial charge in [0.25, 0.3) is 0 Å². The van der Waals surface area contributed by atoms with Crippen LogP contribution in [0.5, 0.6) is 0 Å². The molecule has 0 aliphatic carbocycles. The van der Waals surface area contributed by atoms with Crippen LogP contribution in [0.2, 0.25) is 5.02 Å². The molecule has 2 nitrogen and oxygen atoms in total. The van der Waals surface area contributed by atoms with E-state index in [1.165, 1.54) is 5.56 Å². The van der Waals surface area contributed by atoms with Crippen molar-refractivity contribution >= 4 is 22.5 Å². The van der Waals surface area contributed by atoms with Gasteiger partial charge in [0, 0.05) is 28.5 Å². The minimum absolute atomic E-state index is 0.739. The topological polar surface area (TPSA) is 17.8 Å². The Morgan fingerprint density at radius 2 is 1.64 bits per heavy atom. The molecule has 0 unspecified atom stereocenters. The van der Waals surface area contributed by atoms with Crippen LogP contribution in [-0.2, 0) is 0 Å². The number of pyridine rings is 1. The highest BCUT2D eigenvalue weighted by molar-refractivity contribution is 6.30. The van der Waals surface area contributed by atoms with Crippen LogP contribution in [-0.4, -0.2) is 9.55 Å². The summed E-state index contributed by atoms with van der Waals surface area (Å²) < 4.78 is 2.24. The minimum Gasteiger partial charge on any atom is -0.309 e. The maximum atomic E-state index is 6.03. The lowest BCUT2D eigenvalue weighted by molar-refractivity contribution is 1.13. The van der Waals surface area contributed by atoms with Gasteiger partial charge >= 0.3 is 0 Å². The zero-order chi connectivity index (χ0) is 14.9. The van der Waals surface area contributed by atoms with Crippen LogP contribution in [0.4, 0.5) is 0 Å². The molecular weight excluding hydrogens is 292 g/mol. The molecule has 0 bridgehead atoms. The minimum atomic E-state index is 0.739. The van der Waals surface area contributed by atoms with Crippen molar-refractivity contribution < 1.29 is 0 Å². The first kappa shape index (κ1) is 13.1. The van der Waals surface area contributed by atoms with E-state index < -0.39 is 0 Å². The van der Waals surface area contributed by atoms with Crippen molar-refractivity contribution in [1.82, 2.24) is 9.55 Å². The quantitative estimate of drug-likeness (QED) is 0.488. The number of rotatable bonds is 2. The van der Waals surface area contributed by atoms with Crippen LogP contribution in [0.15, 0.2) is 79.1 Å². The average Bonchev–Trinajstić information content (AvgIpc) is 2.96. The van der Waals surface area contributed by atoms with E-state index in [9.17, 15) is 0 Å². The van der Waals surface area contributed by atoms with Gasteiger partial charge in [0.1, 0.15) is 0 Å². The molecule has 0 fully saturated rings. The van der Waals surface area contributed by atoms with Crippen LogP contribution < -0.4 is 0 Å². The largest absolute Gasteiger partial charge is 0.309 e. The molecule has 22 heavy (non-hydrogen) atoms. The van der Waals surface area contributed by atoms with Crippen molar-refractivity contribution in [2.45, 2.75) is 0 Å². The summed E-state index contributed by atoms with van der Waals surface area (Å²) in [7, 11) is 0. The lowest BCUT2D eigenvalue weighted by Gasteiger charge is -2.11. The van der Waals surface area contributed by atoms with Gasteiger partial charge in [-0.2, -0.15) is 0 Å². The molecule has 4 rings (SSSR count). The van der Waals surface area contributed by atoms with Crippen molar-refractivity contribution in [3.8, 4) is 16.9 Å². The lowest BCUT2D eigenvalue weighted by atomic mass is 10.1. The standard InChI is InChI=1S/C19H13ClN2/c20-16-6-8-17(9-7-16)22-18-10-11-21-13-15(18)12-19(22)14-4-2-1-3-5-14/h1-13H. The van der Waals surface area contributed by atoms with Crippen LogP contribution in [0.3, 0.4) is 0 Å². The van der Waals surface area contributed by atoms with Crippen molar-refractivity contribution in [1.29, 1.82) is 0 Å². The molecule has 2 aromatic heterocycles. The normalized spacial score (nSPS) is 11.0. The smallest absolute Gasteiger partial charge is 0.0565 e. The first-order valence-electron chi connectivity index (χ1n) is 7.10. The van der Waals surface area contributed by atoms with Gasteiger partial charge in [0.15, 0.2) is 0 Å². The van der Waals surface area contributed by atoms with E-state index in [4.69, 9.17) is 11.6 Å². The number of hydrogen-bond donors (Lipinski definition) is 0. The summed E-state index contributed by atoms with van der Waals surface area (Å²) in [6, 6.07) is 22.5. The van der Waals surface area contributed by atoms with Gasteiger partial charge in [0.05, 0.1) is 11.2 Å². The molecule has 2 heterocycles. The summed E-state index contributed by atoms with van der Waals surface area (Å²) in [5.74, 6) is 0. The van der Waals surface area contributed by atoms with E-state index >= 15 is 0 Å². The molecule has 0 spiro atoms. The highest BCUT2D eigenvalue weighted by atomic mass is 35.5. The number of aromatic nitrogens is 2. The zero-order valence-electron chi connectivity index (χ0n) is 11.8. The molecule has 0 radical (unpaired) electrons. The molecule has 0 atom stereocenters. The fourth-order valence-electron chi connectivity index (χ4n) is 2.75. The van der Waals surface area contributed by atoms with Crippen molar-refractivity contribution in [3.63, 3.8) is 0 Å². The molecule has 2 aromatic carbocycles. The average molecular weight is 305 g/mol. The van der Waals surface area contributed by atoms with Crippen molar-refractivity contribution in [2.24, 2.45) is 0 Å². The number of fused-ring (bicyclic) bond motifs is 1. The Labute approximate surface area is 133 Å². The predicted octanol–water partition coefficient (Wildman–Crippen LogP) is 5.35. The van der Waals surface area contributed by atoms with Crippen LogP contribution in [0, 0.1) is 0 Å². The maximum Gasteiger partial charge on any atom is 0.0565 e. The Morgan fingerprint density at radius 3 is 2.41 bits per heavy atom. The van der Waals surface area contributed by atoms with E-state index in [-0.39, 0.29) is 0 Å². The number of halogens is 1. The molecule has 0 aliphatic heterocycles.